The molecule has 9 heteroatoms. The lowest BCUT2D eigenvalue weighted by Gasteiger charge is -2.09. The number of benzene rings is 3. The standard InChI is InChI=1S/C28H23N5O4/c1-17-14-26(34)37-25-15-23(12-13-24(17)25)36-16-18-2-4-20(5-3-18)28(35)29-21-8-6-19(7-9-21)27-30-31-32-33(27)22-10-11-22/h2-9,12-15,22H,10-11,16H2,1H3,(H,29,35). The van der Waals surface area contributed by atoms with Crippen LogP contribution in [0, 0.1) is 6.92 Å². The molecule has 37 heavy (non-hydrogen) atoms. The van der Waals surface area contributed by atoms with Crippen LogP contribution >= 0.6 is 0 Å². The van der Waals surface area contributed by atoms with Gasteiger partial charge in [0.1, 0.15) is 17.9 Å². The Morgan fingerprint density at radius 2 is 1.84 bits per heavy atom. The van der Waals surface area contributed by atoms with Gasteiger partial charge in [-0.05, 0) is 89.8 Å². The van der Waals surface area contributed by atoms with Crippen LogP contribution in [0.5, 0.6) is 5.75 Å². The first-order valence-corrected chi connectivity index (χ1v) is 12.0. The second-order valence-corrected chi connectivity index (χ2v) is 9.10. The lowest BCUT2D eigenvalue weighted by Crippen LogP contribution is -2.12. The molecule has 0 aliphatic heterocycles. The molecule has 3 aromatic carbocycles. The van der Waals surface area contributed by atoms with E-state index in [4.69, 9.17) is 9.15 Å². The van der Waals surface area contributed by atoms with Gasteiger partial charge in [0.05, 0.1) is 6.04 Å². The Kier molecular flexibility index (Phi) is 5.72. The first-order valence-electron chi connectivity index (χ1n) is 12.0. The Bertz CT molecular complexity index is 1650. The molecule has 0 bridgehead atoms. The van der Waals surface area contributed by atoms with Crippen molar-refractivity contribution in [3.63, 3.8) is 0 Å². The lowest BCUT2D eigenvalue weighted by atomic mass is 10.1. The van der Waals surface area contributed by atoms with E-state index >= 15 is 0 Å². The van der Waals surface area contributed by atoms with Crippen LogP contribution in [0.3, 0.4) is 0 Å². The summed E-state index contributed by atoms with van der Waals surface area (Å²) in [5, 5.41) is 15.8. The first kappa shape index (κ1) is 22.7. The molecule has 0 saturated heterocycles. The highest BCUT2D eigenvalue weighted by molar-refractivity contribution is 6.04. The van der Waals surface area contributed by atoms with E-state index < -0.39 is 0 Å². The second-order valence-electron chi connectivity index (χ2n) is 9.10. The number of hydrogen-bond acceptors (Lipinski definition) is 7. The molecule has 0 spiro atoms. The number of rotatable bonds is 7. The third-order valence-electron chi connectivity index (χ3n) is 6.33. The van der Waals surface area contributed by atoms with Crippen molar-refractivity contribution < 1.29 is 13.9 Å². The highest BCUT2D eigenvalue weighted by Gasteiger charge is 2.28. The molecule has 0 radical (unpaired) electrons. The van der Waals surface area contributed by atoms with E-state index in [1.807, 2.05) is 60.1 Å². The van der Waals surface area contributed by atoms with Gasteiger partial charge in [0.15, 0.2) is 5.82 Å². The number of fused-ring (bicyclic) bond motifs is 1. The molecular weight excluding hydrogens is 470 g/mol. The number of carbonyl (C=O) groups excluding carboxylic acids is 1. The Morgan fingerprint density at radius 3 is 2.59 bits per heavy atom. The zero-order valence-corrected chi connectivity index (χ0v) is 20.0. The van der Waals surface area contributed by atoms with E-state index in [9.17, 15) is 9.59 Å². The highest BCUT2D eigenvalue weighted by Crippen LogP contribution is 2.36. The van der Waals surface area contributed by atoms with Crippen LogP contribution in [0.2, 0.25) is 0 Å². The number of anilines is 1. The minimum absolute atomic E-state index is 0.206. The molecular formula is C28H23N5O4. The fourth-order valence-corrected chi connectivity index (χ4v) is 4.17. The Hall–Kier alpha value is -4.79. The summed E-state index contributed by atoms with van der Waals surface area (Å²) in [6, 6.07) is 22.0. The minimum Gasteiger partial charge on any atom is -0.489 e. The number of tetrazole rings is 1. The molecule has 0 unspecified atom stereocenters. The van der Waals surface area contributed by atoms with Crippen molar-refractivity contribution in [2.75, 3.05) is 5.32 Å². The molecule has 6 rings (SSSR count). The number of ether oxygens (including phenoxy) is 1. The van der Waals surface area contributed by atoms with Gasteiger partial charge in [-0.25, -0.2) is 9.48 Å². The summed E-state index contributed by atoms with van der Waals surface area (Å²) in [6.45, 7) is 2.18. The van der Waals surface area contributed by atoms with Gasteiger partial charge in [-0.15, -0.1) is 5.10 Å². The third kappa shape index (κ3) is 4.84. The molecule has 184 valence electrons. The number of aromatic nitrogens is 4. The van der Waals surface area contributed by atoms with Crippen molar-refractivity contribution in [1.29, 1.82) is 0 Å². The van der Waals surface area contributed by atoms with Gasteiger partial charge in [0.2, 0.25) is 0 Å². The maximum atomic E-state index is 12.7. The molecule has 9 nitrogen and oxygen atoms in total. The van der Waals surface area contributed by atoms with Gasteiger partial charge in [-0.1, -0.05) is 12.1 Å². The quantitative estimate of drug-likeness (QED) is 0.320. The first-order chi connectivity index (χ1) is 18.0. The van der Waals surface area contributed by atoms with Gasteiger partial charge < -0.3 is 14.5 Å². The number of nitrogens with one attached hydrogen (secondary N) is 1. The number of hydrogen-bond donors (Lipinski definition) is 1. The van der Waals surface area contributed by atoms with Gasteiger partial charge in [-0.2, -0.15) is 0 Å². The molecule has 2 heterocycles. The predicted molar refractivity (Wildman–Crippen MR) is 137 cm³/mol. The monoisotopic (exact) mass is 493 g/mol. The fraction of sp³-hybridized carbons (Fsp3) is 0.179. The third-order valence-corrected chi connectivity index (χ3v) is 6.33. The van der Waals surface area contributed by atoms with E-state index in [1.54, 1.807) is 18.2 Å². The summed E-state index contributed by atoms with van der Waals surface area (Å²) in [7, 11) is 0. The minimum atomic E-state index is -0.387. The zero-order valence-electron chi connectivity index (χ0n) is 20.0. The largest absolute Gasteiger partial charge is 0.489 e. The summed E-state index contributed by atoms with van der Waals surface area (Å²) >= 11 is 0. The smallest absolute Gasteiger partial charge is 0.336 e. The SMILES string of the molecule is Cc1cc(=O)oc2cc(OCc3ccc(C(=O)Nc4ccc(-c5nnnn5C5CC5)cc4)cc3)ccc12. The number of nitrogens with zero attached hydrogens (tertiary/aromatic N) is 4. The highest BCUT2D eigenvalue weighted by atomic mass is 16.5. The summed E-state index contributed by atoms with van der Waals surface area (Å²) in [6.07, 6.45) is 2.19. The van der Waals surface area contributed by atoms with Crippen molar-refractivity contribution in [2.24, 2.45) is 0 Å². The second kappa shape index (κ2) is 9.34. The van der Waals surface area contributed by atoms with Crippen molar-refractivity contribution >= 4 is 22.6 Å². The van der Waals surface area contributed by atoms with Crippen LogP contribution in [0.1, 0.15) is 40.4 Å². The lowest BCUT2D eigenvalue weighted by molar-refractivity contribution is 0.102. The van der Waals surface area contributed by atoms with Gasteiger partial charge in [0, 0.05) is 34.3 Å². The number of carbonyl (C=O) groups is 1. The molecule has 1 fully saturated rings. The van der Waals surface area contributed by atoms with Crippen LogP contribution in [-0.2, 0) is 6.61 Å². The maximum Gasteiger partial charge on any atom is 0.336 e. The van der Waals surface area contributed by atoms with Gasteiger partial charge >= 0.3 is 5.63 Å². The molecule has 1 N–H and O–H groups in total. The molecule has 0 atom stereocenters. The number of amides is 1. The van der Waals surface area contributed by atoms with Crippen LogP contribution in [0.25, 0.3) is 22.4 Å². The molecule has 1 aliphatic rings. The normalized spacial score (nSPS) is 13.0. The topological polar surface area (TPSA) is 112 Å². The van der Waals surface area contributed by atoms with Crippen LogP contribution in [0.4, 0.5) is 5.69 Å². The zero-order chi connectivity index (χ0) is 25.4. The Balaban J connectivity index is 1.08. The van der Waals surface area contributed by atoms with E-state index in [0.29, 0.717) is 35.2 Å². The van der Waals surface area contributed by atoms with Crippen LogP contribution in [0.15, 0.2) is 82.0 Å². The van der Waals surface area contributed by atoms with Crippen LogP contribution < -0.4 is 15.7 Å². The molecule has 5 aromatic rings. The molecule has 2 aromatic heterocycles. The summed E-state index contributed by atoms with van der Waals surface area (Å²) in [4.78, 5) is 24.4. The average molecular weight is 494 g/mol. The van der Waals surface area contributed by atoms with Gasteiger partial charge in [0.25, 0.3) is 5.91 Å². The summed E-state index contributed by atoms with van der Waals surface area (Å²) < 4.78 is 13.0. The van der Waals surface area contributed by atoms with Crippen molar-refractivity contribution in [3.8, 4) is 17.1 Å². The van der Waals surface area contributed by atoms with Crippen molar-refractivity contribution in [2.45, 2.75) is 32.4 Å². The Morgan fingerprint density at radius 1 is 1.05 bits per heavy atom. The molecule has 1 saturated carbocycles. The van der Waals surface area contributed by atoms with Crippen molar-refractivity contribution in [3.05, 3.63) is 99.9 Å². The summed E-state index contributed by atoms with van der Waals surface area (Å²) in [5.41, 5.74) is 3.99. The van der Waals surface area contributed by atoms with Gasteiger partial charge in [-0.3, -0.25) is 4.79 Å². The van der Waals surface area contributed by atoms with E-state index in [-0.39, 0.29) is 11.5 Å². The predicted octanol–water partition coefficient (Wildman–Crippen LogP) is 4.92. The average Bonchev–Trinajstić information content (AvgIpc) is 3.64. The van der Waals surface area contributed by atoms with E-state index in [0.717, 1.165) is 40.7 Å². The van der Waals surface area contributed by atoms with E-state index in [2.05, 4.69) is 20.8 Å². The van der Waals surface area contributed by atoms with Crippen LogP contribution in [-0.4, -0.2) is 26.1 Å². The summed E-state index contributed by atoms with van der Waals surface area (Å²) in [5.74, 6) is 1.13. The molecule has 1 aliphatic carbocycles. The maximum absolute atomic E-state index is 12.7. The van der Waals surface area contributed by atoms with E-state index in [1.165, 1.54) is 6.07 Å². The fourth-order valence-electron chi connectivity index (χ4n) is 4.17. The van der Waals surface area contributed by atoms with Crippen molar-refractivity contribution in [1.82, 2.24) is 20.2 Å². The Labute approximate surface area is 211 Å². The molecule has 1 amide bonds. The number of aryl methyl sites for hydroxylation is 1.